The summed E-state index contributed by atoms with van der Waals surface area (Å²) in [6.45, 7) is 1.81. The van der Waals surface area contributed by atoms with Crippen LogP contribution in [0.4, 0.5) is 17.2 Å². The van der Waals surface area contributed by atoms with Crippen molar-refractivity contribution in [3.05, 3.63) is 57.8 Å². The van der Waals surface area contributed by atoms with E-state index in [0.29, 0.717) is 25.3 Å². The maximum Gasteiger partial charge on any atom is 0.282 e. The van der Waals surface area contributed by atoms with Gasteiger partial charge in [-0.3, -0.25) is 14.9 Å². The van der Waals surface area contributed by atoms with Gasteiger partial charge in [0.2, 0.25) is 0 Å². The number of rotatable bonds is 6. The van der Waals surface area contributed by atoms with E-state index in [1.165, 1.54) is 6.07 Å². The van der Waals surface area contributed by atoms with E-state index in [9.17, 15) is 14.9 Å². The van der Waals surface area contributed by atoms with Crippen LogP contribution in [0.3, 0.4) is 0 Å². The molecule has 142 valence electrons. The van der Waals surface area contributed by atoms with Crippen molar-refractivity contribution in [3.8, 4) is 0 Å². The number of pyridine rings is 1. The van der Waals surface area contributed by atoms with Gasteiger partial charge < -0.3 is 15.1 Å². The Hall–Kier alpha value is -3.16. The van der Waals surface area contributed by atoms with Gasteiger partial charge in [0.05, 0.1) is 4.92 Å². The molecule has 1 aromatic heterocycles. The van der Waals surface area contributed by atoms with Gasteiger partial charge in [-0.25, -0.2) is 4.98 Å². The van der Waals surface area contributed by atoms with Crippen LogP contribution in [-0.4, -0.2) is 47.9 Å². The third-order valence-electron chi connectivity index (χ3n) is 4.58. The average Bonchev–Trinajstić information content (AvgIpc) is 3.20. The van der Waals surface area contributed by atoms with Crippen molar-refractivity contribution in [2.24, 2.45) is 0 Å². The number of nitro groups is 1. The Balaban J connectivity index is 1.76. The third-order valence-corrected chi connectivity index (χ3v) is 4.58. The Morgan fingerprint density at radius 3 is 2.59 bits per heavy atom. The normalized spacial score (nSPS) is 13.5. The number of hydrogen-bond donors (Lipinski definition) is 1. The zero-order valence-electron chi connectivity index (χ0n) is 15.5. The molecule has 0 spiro atoms. The van der Waals surface area contributed by atoms with Gasteiger partial charge in [0.15, 0.2) is 0 Å². The maximum atomic E-state index is 12.7. The number of aromatic nitrogens is 1. The predicted octanol–water partition coefficient (Wildman–Crippen LogP) is 2.90. The quantitative estimate of drug-likeness (QED) is 0.622. The highest BCUT2D eigenvalue weighted by atomic mass is 16.6. The van der Waals surface area contributed by atoms with Crippen molar-refractivity contribution >= 4 is 23.1 Å². The van der Waals surface area contributed by atoms with Gasteiger partial charge in [-0.1, -0.05) is 6.07 Å². The second-order valence-electron chi connectivity index (χ2n) is 6.76. The first-order valence-electron chi connectivity index (χ1n) is 8.89. The number of benzene rings is 1. The van der Waals surface area contributed by atoms with Crippen molar-refractivity contribution in [1.29, 1.82) is 0 Å². The van der Waals surface area contributed by atoms with Crippen LogP contribution >= 0.6 is 0 Å². The number of carbonyl (C=O) groups is 1. The van der Waals surface area contributed by atoms with Crippen molar-refractivity contribution in [2.75, 3.05) is 37.4 Å². The number of hydrogen-bond acceptors (Lipinski definition) is 6. The lowest BCUT2D eigenvalue weighted by Gasteiger charge is -2.16. The molecule has 3 rings (SSSR count). The fourth-order valence-electron chi connectivity index (χ4n) is 3.06. The average molecular weight is 369 g/mol. The molecule has 0 saturated carbocycles. The Kier molecular flexibility index (Phi) is 5.54. The van der Waals surface area contributed by atoms with E-state index in [0.717, 1.165) is 24.2 Å². The summed E-state index contributed by atoms with van der Waals surface area (Å²) in [4.78, 5) is 31.5. The molecule has 1 saturated heterocycles. The van der Waals surface area contributed by atoms with Crippen LogP contribution in [0, 0.1) is 10.1 Å². The van der Waals surface area contributed by atoms with Gasteiger partial charge in [0.25, 0.3) is 11.6 Å². The highest BCUT2D eigenvalue weighted by molar-refractivity contribution is 5.99. The topological polar surface area (TPSA) is 91.6 Å². The van der Waals surface area contributed by atoms with Gasteiger partial charge in [-0.05, 0) is 36.6 Å². The first-order chi connectivity index (χ1) is 13.0. The van der Waals surface area contributed by atoms with Crippen molar-refractivity contribution in [1.82, 2.24) is 9.88 Å². The molecule has 1 amide bonds. The van der Waals surface area contributed by atoms with Crippen LogP contribution in [0.25, 0.3) is 0 Å². The minimum atomic E-state index is -0.503. The zero-order chi connectivity index (χ0) is 19.4. The van der Waals surface area contributed by atoms with Crippen LogP contribution in [-0.2, 0) is 6.54 Å². The van der Waals surface area contributed by atoms with Gasteiger partial charge in [-0.2, -0.15) is 0 Å². The largest absolute Gasteiger partial charge is 0.381 e. The van der Waals surface area contributed by atoms with Crippen LogP contribution in [0.2, 0.25) is 0 Å². The predicted molar refractivity (Wildman–Crippen MR) is 104 cm³/mol. The van der Waals surface area contributed by atoms with Gasteiger partial charge in [0, 0.05) is 51.7 Å². The molecular weight excluding hydrogens is 346 g/mol. The number of anilines is 2. The van der Waals surface area contributed by atoms with E-state index in [1.807, 2.05) is 31.1 Å². The maximum absolute atomic E-state index is 12.7. The highest BCUT2D eigenvalue weighted by Gasteiger charge is 2.26. The number of nitrogens with one attached hydrogen (secondary N) is 1. The van der Waals surface area contributed by atoms with Gasteiger partial charge in [-0.15, -0.1) is 0 Å². The fourth-order valence-corrected chi connectivity index (χ4v) is 3.06. The van der Waals surface area contributed by atoms with E-state index < -0.39 is 4.92 Å². The van der Waals surface area contributed by atoms with E-state index in [1.54, 1.807) is 23.2 Å². The molecular formula is C19H23N5O3. The van der Waals surface area contributed by atoms with Crippen LogP contribution in [0.5, 0.6) is 0 Å². The fraction of sp³-hybridized carbons (Fsp3) is 0.368. The Labute approximate surface area is 158 Å². The van der Waals surface area contributed by atoms with Crippen molar-refractivity contribution in [2.45, 2.75) is 19.4 Å². The van der Waals surface area contributed by atoms with Gasteiger partial charge in [0.1, 0.15) is 11.4 Å². The van der Waals surface area contributed by atoms with Crippen LogP contribution < -0.4 is 10.2 Å². The molecule has 27 heavy (non-hydrogen) atoms. The summed E-state index contributed by atoms with van der Waals surface area (Å²) >= 11 is 0. The molecule has 8 heteroatoms. The molecule has 1 aromatic carbocycles. The molecule has 1 aliphatic heterocycles. The lowest BCUT2D eigenvalue weighted by atomic mass is 10.1. The lowest BCUT2D eigenvalue weighted by Crippen LogP contribution is -2.28. The summed E-state index contributed by atoms with van der Waals surface area (Å²) in [5.74, 6) is 0.590. The van der Waals surface area contributed by atoms with E-state index >= 15 is 0 Å². The summed E-state index contributed by atoms with van der Waals surface area (Å²) in [5, 5.41) is 14.5. The summed E-state index contributed by atoms with van der Waals surface area (Å²) in [7, 11) is 3.85. The first-order valence-corrected chi connectivity index (χ1v) is 8.89. The van der Waals surface area contributed by atoms with Crippen LogP contribution in [0.1, 0.15) is 28.8 Å². The Morgan fingerprint density at radius 1 is 1.26 bits per heavy atom. The number of nitro benzene ring substituents is 1. The molecule has 1 fully saturated rings. The summed E-state index contributed by atoms with van der Waals surface area (Å²) < 4.78 is 0. The second-order valence-corrected chi connectivity index (χ2v) is 6.76. The van der Waals surface area contributed by atoms with E-state index in [2.05, 4.69) is 10.3 Å². The molecule has 1 N–H and O–H groups in total. The minimum Gasteiger partial charge on any atom is -0.381 e. The van der Waals surface area contributed by atoms with E-state index in [-0.39, 0.29) is 17.2 Å². The zero-order valence-corrected chi connectivity index (χ0v) is 15.5. The molecule has 2 aromatic rings. The molecule has 0 atom stereocenters. The Bertz CT molecular complexity index is 830. The number of amides is 1. The number of carbonyl (C=O) groups excluding carboxylic acids is 1. The molecule has 1 aliphatic rings. The summed E-state index contributed by atoms with van der Waals surface area (Å²) in [5.41, 5.74) is 1.62. The highest BCUT2D eigenvalue weighted by Crippen LogP contribution is 2.26. The van der Waals surface area contributed by atoms with Gasteiger partial charge >= 0.3 is 0 Å². The van der Waals surface area contributed by atoms with Crippen LogP contribution in [0.15, 0.2) is 36.5 Å². The molecule has 0 radical (unpaired) electrons. The first kappa shape index (κ1) is 18.6. The molecule has 0 bridgehead atoms. The number of likely N-dealkylation sites (tertiary alicyclic amines) is 1. The second kappa shape index (κ2) is 8.03. The van der Waals surface area contributed by atoms with Crippen molar-refractivity contribution < 1.29 is 9.72 Å². The Morgan fingerprint density at radius 2 is 2.00 bits per heavy atom. The SMILES string of the molecule is CN(C)c1ccc(CNc2ccc([N+](=O)[O-])c(C(=O)N3CCCC3)c2)cn1. The van der Waals surface area contributed by atoms with Crippen molar-refractivity contribution in [3.63, 3.8) is 0 Å². The monoisotopic (exact) mass is 369 g/mol. The molecule has 0 unspecified atom stereocenters. The number of nitrogens with zero attached hydrogens (tertiary/aromatic N) is 4. The molecule has 0 aliphatic carbocycles. The molecule has 8 nitrogen and oxygen atoms in total. The molecule has 2 heterocycles. The standard InChI is InChI=1S/C19H23N5O3/c1-22(2)18-8-5-14(13-21-18)12-20-15-6-7-17(24(26)27)16(11-15)19(25)23-9-3-4-10-23/h5-8,11,13,20H,3-4,9-10,12H2,1-2H3. The van der Waals surface area contributed by atoms with E-state index in [4.69, 9.17) is 0 Å². The minimum absolute atomic E-state index is 0.132. The lowest BCUT2D eigenvalue weighted by molar-refractivity contribution is -0.385. The summed E-state index contributed by atoms with van der Waals surface area (Å²) in [6, 6.07) is 8.48. The smallest absolute Gasteiger partial charge is 0.282 e. The third kappa shape index (κ3) is 4.33. The summed E-state index contributed by atoms with van der Waals surface area (Å²) in [6.07, 6.45) is 3.66.